The lowest BCUT2D eigenvalue weighted by molar-refractivity contribution is -0.141. The molecule has 1 N–H and O–H groups in total. The summed E-state index contributed by atoms with van der Waals surface area (Å²) in [5.74, 6) is -0.415. The van der Waals surface area contributed by atoms with Crippen LogP contribution in [-0.4, -0.2) is 30.3 Å². The molecule has 8 nitrogen and oxygen atoms in total. The van der Waals surface area contributed by atoms with Crippen molar-refractivity contribution in [3.05, 3.63) is 30.2 Å². The standard InChI is InChI=1S/C15H12F3N7O/c1-24-8-10(13(22-24)15(16,17)18)9-4-5-11-20-14(23-25(11)7-9)21-12(26)3-2-6-19/h4-5,7-8H,2-3H2,1H3,(H,21,23,26). The number of amides is 1. The fourth-order valence-corrected chi connectivity index (χ4v) is 2.36. The highest BCUT2D eigenvalue weighted by molar-refractivity contribution is 5.89. The van der Waals surface area contributed by atoms with Gasteiger partial charge in [-0.3, -0.25) is 14.8 Å². The number of anilines is 1. The van der Waals surface area contributed by atoms with Crippen LogP contribution in [0.25, 0.3) is 16.8 Å². The molecule has 3 heterocycles. The fourth-order valence-electron chi connectivity index (χ4n) is 2.36. The first-order chi connectivity index (χ1) is 12.3. The van der Waals surface area contributed by atoms with Crippen LogP contribution in [0.4, 0.5) is 19.1 Å². The van der Waals surface area contributed by atoms with E-state index in [0.29, 0.717) is 5.65 Å². The van der Waals surface area contributed by atoms with Crippen molar-refractivity contribution in [3.63, 3.8) is 0 Å². The van der Waals surface area contributed by atoms with Crippen LogP contribution in [0.3, 0.4) is 0 Å². The number of carbonyl (C=O) groups is 1. The Bertz CT molecular complexity index is 1010. The number of nitrogens with zero attached hydrogens (tertiary/aromatic N) is 6. The van der Waals surface area contributed by atoms with E-state index in [1.807, 2.05) is 6.07 Å². The smallest absolute Gasteiger partial charge is 0.293 e. The molecule has 0 saturated heterocycles. The second-order valence-electron chi connectivity index (χ2n) is 5.43. The second-order valence-corrected chi connectivity index (χ2v) is 5.43. The summed E-state index contributed by atoms with van der Waals surface area (Å²) >= 11 is 0. The lowest BCUT2D eigenvalue weighted by atomic mass is 10.1. The van der Waals surface area contributed by atoms with Gasteiger partial charge in [0.2, 0.25) is 11.9 Å². The third kappa shape index (κ3) is 3.49. The number of rotatable bonds is 4. The Morgan fingerprint density at radius 1 is 1.31 bits per heavy atom. The van der Waals surface area contributed by atoms with E-state index in [2.05, 4.69) is 20.5 Å². The van der Waals surface area contributed by atoms with E-state index in [9.17, 15) is 18.0 Å². The summed E-state index contributed by atoms with van der Waals surface area (Å²) in [6, 6.07) is 4.81. The van der Waals surface area contributed by atoms with E-state index in [0.717, 1.165) is 4.68 Å². The van der Waals surface area contributed by atoms with Gasteiger partial charge in [0, 0.05) is 43.4 Å². The summed E-state index contributed by atoms with van der Waals surface area (Å²) in [5.41, 5.74) is -0.478. The maximum absolute atomic E-state index is 13.1. The number of nitrogens with one attached hydrogen (secondary N) is 1. The predicted octanol–water partition coefficient (Wildman–Crippen LogP) is 2.39. The van der Waals surface area contributed by atoms with Gasteiger partial charge in [0.05, 0.1) is 6.07 Å². The van der Waals surface area contributed by atoms with E-state index < -0.39 is 17.8 Å². The van der Waals surface area contributed by atoms with Gasteiger partial charge in [-0.1, -0.05) is 0 Å². The molecule has 0 fully saturated rings. The highest BCUT2D eigenvalue weighted by atomic mass is 19.4. The van der Waals surface area contributed by atoms with Crippen molar-refractivity contribution in [2.45, 2.75) is 19.0 Å². The molecule has 0 unspecified atom stereocenters. The number of fused-ring (bicyclic) bond motifs is 1. The molecule has 0 aliphatic heterocycles. The monoisotopic (exact) mass is 363 g/mol. The summed E-state index contributed by atoms with van der Waals surface area (Å²) < 4.78 is 41.7. The van der Waals surface area contributed by atoms with Crippen LogP contribution in [0.1, 0.15) is 18.5 Å². The largest absolute Gasteiger partial charge is 0.435 e. The molecule has 0 aliphatic rings. The summed E-state index contributed by atoms with van der Waals surface area (Å²) in [6.07, 6.45) is -1.88. The first kappa shape index (κ1) is 17.4. The molecular formula is C15H12F3N7O. The number of aryl methyl sites for hydroxylation is 1. The van der Waals surface area contributed by atoms with Crippen LogP contribution in [-0.2, 0) is 18.0 Å². The van der Waals surface area contributed by atoms with Gasteiger partial charge in [-0.15, -0.1) is 5.10 Å². The molecule has 0 aliphatic carbocycles. The Hall–Kier alpha value is -3.42. The molecule has 0 atom stereocenters. The summed E-state index contributed by atoms with van der Waals surface area (Å²) in [6.45, 7) is 0. The lowest BCUT2D eigenvalue weighted by Crippen LogP contribution is -2.12. The Labute approximate surface area is 144 Å². The molecule has 1 amide bonds. The Morgan fingerprint density at radius 3 is 2.77 bits per heavy atom. The SMILES string of the molecule is Cn1cc(-c2ccc3nc(NC(=O)CCC#N)nn3c2)c(C(F)(F)F)n1. The highest BCUT2D eigenvalue weighted by Gasteiger charge is 2.37. The number of carbonyl (C=O) groups excluding carboxylic acids is 1. The second kappa shape index (κ2) is 6.47. The average Bonchev–Trinajstić information content (AvgIpc) is 3.14. The number of pyridine rings is 1. The summed E-state index contributed by atoms with van der Waals surface area (Å²) in [4.78, 5) is 15.7. The van der Waals surface area contributed by atoms with Crippen LogP contribution in [0, 0.1) is 11.3 Å². The zero-order valence-corrected chi connectivity index (χ0v) is 13.4. The summed E-state index contributed by atoms with van der Waals surface area (Å²) in [5, 5.41) is 18.4. The zero-order valence-electron chi connectivity index (χ0n) is 13.4. The van der Waals surface area contributed by atoms with Crippen LogP contribution in [0.2, 0.25) is 0 Å². The van der Waals surface area contributed by atoms with Gasteiger partial charge in [0.1, 0.15) is 0 Å². The first-order valence-corrected chi connectivity index (χ1v) is 7.42. The van der Waals surface area contributed by atoms with E-state index >= 15 is 0 Å². The normalized spacial score (nSPS) is 11.5. The van der Waals surface area contributed by atoms with Gasteiger partial charge in [-0.25, -0.2) is 4.52 Å². The maximum atomic E-state index is 13.1. The van der Waals surface area contributed by atoms with Crippen molar-refractivity contribution in [1.29, 1.82) is 5.26 Å². The Balaban J connectivity index is 1.94. The first-order valence-electron chi connectivity index (χ1n) is 7.42. The minimum atomic E-state index is -4.59. The molecule has 0 radical (unpaired) electrons. The van der Waals surface area contributed by atoms with Gasteiger partial charge >= 0.3 is 6.18 Å². The van der Waals surface area contributed by atoms with Crippen LogP contribution in [0.5, 0.6) is 0 Å². The maximum Gasteiger partial charge on any atom is 0.435 e. The van der Waals surface area contributed by atoms with E-state index in [-0.39, 0.29) is 29.9 Å². The van der Waals surface area contributed by atoms with Crippen molar-refractivity contribution >= 4 is 17.5 Å². The van der Waals surface area contributed by atoms with E-state index in [1.54, 1.807) is 0 Å². The van der Waals surface area contributed by atoms with Crippen molar-refractivity contribution in [1.82, 2.24) is 24.4 Å². The molecule has 134 valence electrons. The summed E-state index contributed by atoms with van der Waals surface area (Å²) in [7, 11) is 1.40. The molecule has 0 aromatic carbocycles. The van der Waals surface area contributed by atoms with Gasteiger partial charge in [0.15, 0.2) is 11.3 Å². The molecule has 0 bridgehead atoms. The van der Waals surface area contributed by atoms with Crippen LogP contribution < -0.4 is 5.32 Å². The fraction of sp³-hybridized carbons (Fsp3) is 0.267. The molecule has 0 spiro atoms. The van der Waals surface area contributed by atoms with Crippen molar-refractivity contribution in [2.75, 3.05) is 5.32 Å². The highest BCUT2D eigenvalue weighted by Crippen LogP contribution is 2.35. The van der Waals surface area contributed by atoms with Gasteiger partial charge < -0.3 is 0 Å². The molecule has 26 heavy (non-hydrogen) atoms. The number of hydrogen-bond donors (Lipinski definition) is 1. The molecular weight excluding hydrogens is 351 g/mol. The van der Waals surface area contributed by atoms with Gasteiger partial charge in [0.25, 0.3) is 0 Å². The van der Waals surface area contributed by atoms with Crippen molar-refractivity contribution < 1.29 is 18.0 Å². The van der Waals surface area contributed by atoms with E-state index in [1.165, 1.54) is 36.1 Å². The minimum absolute atomic E-state index is 0.00191. The topological polar surface area (TPSA) is 101 Å². The third-order valence-corrected chi connectivity index (χ3v) is 3.45. The van der Waals surface area contributed by atoms with Gasteiger partial charge in [-0.05, 0) is 12.1 Å². The van der Waals surface area contributed by atoms with E-state index in [4.69, 9.17) is 5.26 Å². The Morgan fingerprint density at radius 2 is 2.08 bits per heavy atom. The quantitative estimate of drug-likeness (QED) is 0.767. The predicted molar refractivity (Wildman–Crippen MR) is 83.7 cm³/mol. The van der Waals surface area contributed by atoms with Gasteiger partial charge in [-0.2, -0.15) is 28.5 Å². The number of hydrogen-bond acceptors (Lipinski definition) is 5. The molecule has 3 rings (SSSR count). The lowest BCUT2D eigenvalue weighted by Gasteiger charge is -2.06. The molecule has 0 saturated carbocycles. The van der Waals surface area contributed by atoms with Crippen LogP contribution >= 0.6 is 0 Å². The minimum Gasteiger partial charge on any atom is -0.293 e. The number of alkyl halides is 3. The zero-order chi connectivity index (χ0) is 18.9. The number of halogens is 3. The van der Waals surface area contributed by atoms with Crippen molar-refractivity contribution in [2.24, 2.45) is 7.05 Å². The third-order valence-electron chi connectivity index (χ3n) is 3.45. The molecule has 3 aromatic rings. The number of nitriles is 1. The average molecular weight is 363 g/mol. The van der Waals surface area contributed by atoms with Crippen LogP contribution in [0.15, 0.2) is 24.5 Å². The Kier molecular flexibility index (Phi) is 4.33. The molecule has 3 aromatic heterocycles. The molecule has 11 heteroatoms. The number of aromatic nitrogens is 5. The van der Waals surface area contributed by atoms with Crippen molar-refractivity contribution in [3.8, 4) is 17.2 Å².